The van der Waals surface area contributed by atoms with Gasteiger partial charge < -0.3 is 0 Å². The van der Waals surface area contributed by atoms with Gasteiger partial charge in [-0.15, -0.1) is 0 Å². The van der Waals surface area contributed by atoms with Gasteiger partial charge in [0.15, 0.2) is 12.6 Å². The first-order chi connectivity index (χ1) is 10.8. The number of hydrogen-bond acceptors (Lipinski definition) is 2. The van der Waals surface area contributed by atoms with Gasteiger partial charge >= 0.3 is 0 Å². The van der Waals surface area contributed by atoms with Crippen LogP contribution in [-0.2, 0) is 0 Å². The summed E-state index contributed by atoms with van der Waals surface area (Å²) in [4.78, 5) is 22.2. The molecule has 0 radical (unpaired) electrons. The second-order valence-corrected chi connectivity index (χ2v) is 5.46. The average Bonchev–Trinajstić information content (AvgIpc) is 2.56. The van der Waals surface area contributed by atoms with Gasteiger partial charge in [-0.1, -0.05) is 24.3 Å². The molecule has 104 valence electrons. The lowest BCUT2D eigenvalue weighted by Crippen LogP contribution is -1.91. The Hall–Kier alpha value is -3.00. The molecule has 0 amide bonds. The van der Waals surface area contributed by atoms with Crippen molar-refractivity contribution in [3.8, 4) is 0 Å². The fourth-order valence-electron chi connectivity index (χ4n) is 2.98. The molecule has 4 rings (SSSR count). The van der Waals surface area contributed by atoms with Gasteiger partial charge in [0, 0.05) is 11.1 Å². The van der Waals surface area contributed by atoms with Crippen molar-refractivity contribution >= 4 is 44.9 Å². The lowest BCUT2D eigenvalue weighted by atomic mass is 9.97. The van der Waals surface area contributed by atoms with Crippen molar-refractivity contribution in [3.63, 3.8) is 0 Å². The molecule has 4 aromatic rings. The molecule has 22 heavy (non-hydrogen) atoms. The highest BCUT2D eigenvalue weighted by Crippen LogP contribution is 2.28. The van der Waals surface area contributed by atoms with Crippen molar-refractivity contribution in [2.75, 3.05) is 0 Å². The highest BCUT2D eigenvalue weighted by Gasteiger charge is 2.06. The van der Waals surface area contributed by atoms with E-state index >= 15 is 0 Å². The van der Waals surface area contributed by atoms with Crippen LogP contribution in [0.3, 0.4) is 0 Å². The molecule has 0 spiro atoms. The van der Waals surface area contributed by atoms with Crippen LogP contribution in [0, 0.1) is 0 Å². The summed E-state index contributed by atoms with van der Waals surface area (Å²) in [6, 6.07) is 20.2. The predicted molar refractivity (Wildman–Crippen MR) is 89.7 cm³/mol. The van der Waals surface area contributed by atoms with Crippen LogP contribution in [0.4, 0.5) is 0 Å². The number of carbonyl (C=O) groups is 2. The zero-order valence-corrected chi connectivity index (χ0v) is 11.7. The van der Waals surface area contributed by atoms with Crippen molar-refractivity contribution < 1.29 is 9.59 Å². The van der Waals surface area contributed by atoms with E-state index in [1.807, 2.05) is 12.1 Å². The number of carbonyl (C=O) groups excluding carboxylic acids is 2. The molecule has 0 heterocycles. The maximum atomic E-state index is 11.1. The minimum Gasteiger partial charge on any atom is -0.298 e. The topological polar surface area (TPSA) is 34.1 Å². The molecule has 0 unspecified atom stereocenters. The number of rotatable bonds is 2. The first kappa shape index (κ1) is 12.7. The molecule has 0 bridgehead atoms. The third-order valence-electron chi connectivity index (χ3n) is 4.12. The van der Waals surface area contributed by atoms with E-state index in [1.54, 1.807) is 12.1 Å². The van der Waals surface area contributed by atoms with E-state index in [0.29, 0.717) is 11.1 Å². The van der Waals surface area contributed by atoms with Crippen molar-refractivity contribution in [2.24, 2.45) is 0 Å². The molecule has 2 nitrogen and oxygen atoms in total. The molecule has 0 aliphatic carbocycles. The normalized spacial score (nSPS) is 11.1. The first-order valence-corrected chi connectivity index (χ1v) is 7.09. The largest absolute Gasteiger partial charge is 0.298 e. The van der Waals surface area contributed by atoms with Gasteiger partial charge in [-0.2, -0.15) is 0 Å². The van der Waals surface area contributed by atoms with Crippen LogP contribution in [0.25, 0.3) is 32.3 Å². The van der Waals surface area contributed by atoms with E-state index in [0.717, 1.165) is 34.1 Å². The molecular weight excluding hydrogens is 272 g/mol. The third-order valence-corrected chi connectivity index (χ3v) is 4.12. The lowest BCUT2D eigenvalue weighted by molar-refractivity contribution is 0.109. The van der Waals surface area contributed by atoms with E-state index in [9.17, 15) is 9.59 Å². The molecule has 0 N–H and O–H groups in total. The van der Waals surface area contributed by atoms with Crippen LogP contribution in [0.5, 0.6) is 0 Å². The van der Waals surface area contributed by atoms with Crippen LogP contribution in [-0.4, -0.2) is 12.6 Å². The Kier molecular flexibility index (Phi) is 2.76. The number of hydrogen-bond donors (Lipinski definition) is 0. The molecule has 4 aromatic carbocycles. The molecule has 0 fully saturated rings. The van der Waals surface area contributed by atoms with E-state index in [-0.39, 0.29) is 0 Å². The summed E-state index contributed by atoms with van der Waals surface area (Å²) in [5.74, 6) is 0. The van der Waals surface area contributed by atoms with Gasteiger partial charge in [0.05, 0.1) is 0 Å². The Balaban J connectivity index is 2.11. The van der Waals surface area contributed by atoms with Crippen LogP contribution in [0.15, 0.2) is 60.7 Å². The molecule has 0 saturated carbocycles. The van der Waals surface area contributed by atoms with Gasteiger partial charge in [-0.05, 0) is 68.7 Å². The monoisotopic (exact) mass is 284 g/mol. The Morgan fingerprint density at radius 3 is 1.27 bits per heavy atom. The minimum absolute atomic E-state index is 0.433. The molecule has 0 aromatic heterocycles. The summed E-state index contributed by atoms with van der Waals surface area (Å²) in [7, 11) is 0. The summed E-state index contributed by atoms with van der Waals surface area (Å²) in [6.07, 6.45) is 1.46. The average molecular weight is 284 g/mol. The highest BCUT2D eigenvalue weighted by molar-refractivity contribution is 6.07. The maximum Gasteiger partial charge on any atom is 0.150 e. The fraction of sp³-hybridized carbons (Fsp3) is 0. The second kappa shape index (κ2) is 4.78. The quantitative estimate of drug-likeness (QED) is 0.392. The number of aldehydes is 2. The molecule has 2 heteroatoms. The Morgan fingerprint density at radius 1 is 0.500 bits per heavy atom. The third kappa shape index (κ3) is 1.89. The van der Waals surface area contributed by atoms with E-state index < -0.39 is 0 Å². The lowest BCUT2D eigenvalue weighted by Gasteiger charge is -2.07. The van der Waals surface area contributed by atoms with Gasteiger partial charge in [0.1, 0.15) is 0 Å². The van der Waals surface area contributed by atoms with Crippen molar-refractivity contribution in [1.29, 1.82) is 0 Å². The fourth-order valence-corrected chi connectivity index (χ4v) is 2.98. The zero-order valence-electron chi connectivity index (χ0n) is 11.7. The molecular formula is C20H12O2. The van der Waals surface area contributed by atoms with Crippen LogP contribution in [0.1, 0.15) is 20.7 Å². The van der Waals surface area contributed by atoms with E-state index in [2.05, 4.69) is 36.4 Å². The summed E-state index contributed by atoms with van der Waals surface area (Å²) < 4.78 is 0. The molecule has 0 saturated heterocycles. The molecule has 0 aliphatic heterocycles. The van der Waals surface area contributed by atoms with Crippen LogP contribution < -0.4 is 0 Å². The Labute approximate surface area is 127 Å². The standard InChI is InChI=1S/C20H12O2/c21-11-19-9-17-7-15-5-13-3-1-2-4-14(13)6-16(15)8-18(17)10-20(19)12-22/h1-12H. The summed E-state index contributed by atoms with van der Waals surface area (Å²) >= 11 is 0. The van der Waals surface area contributed by atoms with Gasteiger partial charge in [-0.3, -0.25) is 9.59 Å². The summed E-state index contributed by atoms with van der Waals surface area (Å²) in [5.41, 5.74) is 0.866. The van der Waals surface area contributed by atoms with Crippen molar-refractivity contribution in [3.05, 3.63) is 71.8 Å². The van der Waals surface area contributed by atoms with Gasteiger partial charge in [0.2, 0.25) is 0 Å². The Bertz CT molecular complexity index is 976. The Morgan fingerprint density at radius 2 is 0.864 bits per heavy atom. The van der Waals surface area contributed by atoms with Gasteiger partial charge in [0.25, 0.3) is 0 Å². The van der Waals surface area contributed by atoms with E-state index in [4.69, 9.17) is 0 Å². The number of fused-ring (bicyclic) bond motifs is 3. The van der Waals surface area contributed by atoms with Crippen molar-refractivity contribution in [2.45, 2.75) is 0 Å². The maximum absolute atomic E-state index is 11.1. The highest BCUT2D eigenvalue weighted by atomic mass is 16.1. The zero-order chi connectivity index (χ0) is 15.1. The first-order valence-electron chi connectivity index (χ1n) is 7.09. The summed E-state index contributed by atoms with van der Waals surface area (Å²) in [6.45, 7) is 0. The van der Waals surface area contributed by atoms with Crippen molar-refractivity contribution in [1.82, 2.24) is 0 Å². The minimum atomic E-state index is 0.433. The SMILES string of the molecule is O=Cc1cc2cc3cc4ccccc4cc3cc2cc1C=O. The van der Waals surface area contributed by atoms with Crippen LogP contribution >= 0.6 is 0 Å². The molecule has 0 aliphatic rings. The molecule has 0 atom stereocenters. The van der Waals surface area contributed by atoms with E-state index in [1.165, 1.54) is 10.8 Å². The smallest absolute Gasteiger partial charge is 0.150 e. The summed E-state index contributed by atoms with van der Waals surface area (Å²) in [5, 5.41) is 6.57. The van der Waals surface area contributed by atoms with Gasteiger partial charge in [-0.25, -0.2) is 0 Å². The van der Waals surface area contributed by atoms with Crippen LogP contribution in [0.2, 0.25) is 0 Å². The second-order valence-electron chi connectivity index (χ2n) is 5.46. The predicted octanol–water partition coefficient (Wildman–Crippen LogP) is 4.77. The number of benzene rings is 4.